The van der Waals surface area contributed by atoms with Gasteiger partial charge in [-0.05, 0) is 118 Å². The summed E-state index contributed by atoms with van der Waals surface area (Å²) in [6.45, 7) is 10.0. The summed E-state index contributed by atoms with van der Waals surface area (Å²) in [5.74, 6) is -0.202. The molecule has 4 aromatic carbocycles. The van der Waals surface area contributed by atoms with E-state index in [0.29, 0.717) is 46.0 Å². The molecule has 0 heterocycles. The lowest BCUT2D eigenvalue weighted by atomic mass is 9.99. The van der Waals surface area contributed by atoms with E-state index in [1.807, 2.05) is 32.9 Å². The highest BCUT2D eigenvalue weighted by atomic mass is 16.6. The lowest BCUT2D eigenvalue weighted by molar-refractivity contribution is -0.118. The number of carbonyl (C=O) groups is 4. The van der Waals surface area contributed by atoms with Crippen LogP contribution in [0.3, 0.4) is 0 Å². The average molecular weight is 693 g/mol. The number of aryl methyl sites for hydroxylation is 3. The SMILES string of the molecule is CCCCCCCOc1ccc(C(=O)Oc2ccc(CC(NC(=O)c3ccc(NC(=O)c4c(C)cc(C)cc4C)cc3)C(C)=O)cc2OC)cc1. The van der Waals surface area contributed by atoms with E-state index in [9.17, 15) is 19.2 Å². The van der Waals surface area contributed by atoms with Gasteiger partial charge in [-0.25, -0.2) is 4.79 Å². The monoisotopic (exact) mass is 692 g/mol. The third-order valence-electron chi connectivity index (χ3n) is 8.58. The zero-order valence-electron chi connectivity index (χ0n) is 30.4. The minimum absolute atomic E-state index is 0.190. The van der Waals surface area contributed by atoms with E-state index in [1.54, 1.807) is 66.7 Å². The van der Waals surface area contributed by atoms with Crippen molar-refractivity contribution in [2.45, 2.75) is 79.2 Å². The molecule has 0 aromatic heterocycles. The number of methoxy groups -OCH3 is 1. The molecule has 0 fully saturated rings. The molecule has 0 radical (unpaired) electrons. The molecule has 51 heavy (non-hydrogen) atoms. The van der Waals surface area contributed by atoms with E-state index in [-0.39, 0.29) is 23.9 Å². The van der Waals surface area contributed by atoms with Gasteiger partial charge in [0.05, 0.1) is 25.3 Å². The second kappa shape index (κ2) is 18.5. The standard InChI is InChI=1S/C42H48N2O7/c1-7-8-9-10-11-22-50-35-19-15-33(16-20-35)42(48)51-37-21-12-31(26-38(37)49-6)25-36(30(5)45)44-40(46)32-13-17-34(18-14-32)43-41(47)39-28(3)23-27(2)24-29(39)4/h12-21,23-24,26,36H,7-11,22,25H2,1-6H3,(H,43,47)(H,44,46). The van der Waals surface area contributed by atoms with Gasteiger partial charge in [0, 0.05) is 16.8 Å². The molecule has 1 unspecified atom stereocenters. The first-order valence-electron chi connectivity index (χ1n) is 17.4. The van der Waals surface area contributed by atoms with Crippen LogP contribution in [0.4, 0.5) is 5.69 Å². The lowest BCUT2D eigenvalue weighted by Gasteiger charge is -2.18. The zero-order valence-corrected chi connectivity index (χ0v) is 30.4. The van der Waals surface area contributed by atoms with Crippen molar-refractivity contribution in [3.05, 3.63) is 118 Å². The Hall–Kier alpha value is -5.44. The molecule has 0 aliphatic rings. The number of hydrogen-bond donors (Lipinski definition) is 2. The van der Waals surface area contributed by atoms with Crippen molar-refractivity contribution in [1.29, 1.82) is 0 Å². The first kappa shape index (κ1) is 38.4. The van der Waals surface area contributed by atoms with Crippen LogP contribution in [-0.2, 0) is 11.2 Å². The quantitative estimate of drug-likeness (QED) is 0.0648. The van der Waals surface area contributed by atoms with E-state index in [2.05, 4.69) is 17.6 Å². The average Bonchev–Trinajstić information content (AvgIpc) is 3.10. The number of unbranched alkanes of at least 4 members (excludes halogenated alkanes) is 4. The molecule has 9 heteroatoms. The summed E-state index contributed by atoms with van der Waals surface area (Å²) in [5.41, 5.74) is 5.43. The van der Waals surface area contributed by atoms with Gasteiger partial charge in [0.1, 0.15) is 5.75 Å². The second-order valence-electron chi connectivity index (χ2n) is 12.8. The molecule has 1 atom stereocenters. The van der Waals surface area contributed by atoms with Crippen LogP contribution in [0, 0.1) is 20.8 Å². The summed E-state index contributed by atoms with van der Waals surface area (Å²) in [6, 6.07) is 21.4. The Morgan fingerprint density at radius 2 is 1.37 bits per heavy atom. The predicted molar refractivity (Wildman–Crippen MR) is 199 cm³/mol. The molecule has 2 N–H and O–H groups in total. The van der Waals surface area contributed by atoms with Crippen LogP contribution in [0.25, 0.3) is 0 Å². The number of nitrogens with one attached hydrogen (secondary N) is 2. The molecule has 2 amide bonds. The van der Waals surface area contributed by atoms with E-state index in [0.717, 1.165) is 29.5 Å². The van der Waals surface area contributed by atoms with Crippen molar-refractivity contribution in [1.82, 2.24) is 5.32 Å². The van der Waals surface area contributed by atoms with E-state index < -0.39 is 17.9 Å². The summed E-state index contributed by atoms with van der Waals surface area (Å²) in [6.07, 6.45) is 5.95. The van der Waals surface area contributed by atoms with Crippen molar-refractivity contribution < 1.29 is 33.4 Å². The number of rotatable bonds is 17. The largest absolute Gasteiger partial charge is 0.494 e. The maximum atomic E-state index is 13.1. The first-order chi connectivity index (χ1) is 24.5. The molecular weight excluding hydrogens is 644 g/mol. The number of ether oxygens (including phenoxy) is 3. The number of amides is 2. The van der Waals surface area contributed by atoms with Crippen molar-refractivity contribution >= 4 is 29.3 Å². The summed E-state index contributed by atoms with van der Waals surface area (Å²) < 4.78 is 16.9. The predicted octanol–water partition coefficient (Wildman–Crippen LogP) is 8.37. The Kier molecular flexibility index (Phi) is 13.9. The zero-order chi connectivity index (χ0) is 36.9. The number of anilines is 1. The molecule has 0 saturated heterocycles. The third kappa shape index (κ3) is 11.0. The lowest BCUT2D eigenvalue weighted by Crippen LogP contribution is -2.41. The molecule has 0 aliphatic heterocycles. The maximum Gasteiger partial charge on any atom is 0.343 e. The topological polar surface area (TPSA) is 120 Å². The fourth-order valence-corrected chi connectivity index (χ4v) is 5.88. The van der Waals surface area contributed by atoms with Gasteiger partial charge in [0.2, 0.25) is 0 Å². The number of Topliss-reactive ketones (excluding diaryl/α,β-unsaturated/α-hetero) is 1. The molecule has 268 valence electrons. The van der Waals surface area contributed by atoms with Crippen LogP contribution in [0.5, 0.6) is 17.2 Å². The fourth-order valence-electron chi connectivity index (χ4n) is 5.88. The summed E-state index contributed by atoms with van der Waals surface area (Å²) >= 11 is 0. The molecule has 0 saturated carbocycles. The van der Waals surface area contributed by atoms with E-state index in [1.165, 1.54) is 33.3 Å². The first-order valence-corrected chi connectivity index (χ1v) is 17.4. The molecule has 4 rings (SSSR count). The Balaban J connectivity index is 1.33. The van der Waals surface area contributed by atoms with Gasteiger partial charge in [0.15, 0.2) is 17.3 Å². The molecular formula is C42H48N2O7. The van der Waals surface area contributed by atoms with Crippen molar-refractivity contribution in [2.75, 3.05) is 19.0 Å². The molecule has 4 aromatic rings. The smallest absolute Gasteiger partial charge is 0.343 e. The van der Waals surface area contributed by atoms with Gasteiger partial charge in [-0.3, -0.25) is 14.4 Å². The van der Waals surface area contributed by atoms with Gasteiger partial charge in [-0.1, -0.05) is 56.4 Å². The van der Waals surface area contributed by atoms with Gasteiger partial charge in [-0.15, -0.1) is 0 Å². The molecule has 9 nitrogen and oxygen atoms in total. The number of carbonyl (C=O) groups excluding carboxylic acids is 4. The van der Waals surface area contributed by atoms with Gasteiger partial charge >= 0.3 is 5.97 Å². The number of ketones is 1. The highest BCUT2D eigenvalue weighted by Gasteiger charge is 2.21. The van der Waals surface area contributed by atoms with Crippen LogP contribution in [-0.4, -0.2) is 43.3 Å². The van der Waals surface area contributed by atoms with Gasteiger partial charge < -0.3 is 24.8 Å². The van der Waals surface area contributed by atoms with E-state index >= 15 is 0 Å². The Labute approximate surface area is 300 Å². The van der Waals surface area contributed by atoms with Crippen molar-refractivity contribution in [3.63, 3.8) is 0 Å². The van der Waals surface area contributed by atoms with Crippen LogP contribution >= 0.6 is 0 Å². The minimum atomic E-state index is -0.820. The second-order valence-corrected chi connectivity index (χ2v) is 12.8. The third-order valence-corrected chi connectivity index (χ3v) is 8.58. The molecule has 0 aliphatic carbocycles. The Bertz CT molecular complexity index is 1810. The highest BCUT2D eigenvalue weighted by Crippen LogP contribution is 2.30. The normalized spacial score (nSPS) is 11.3. The Morgan fingerprint density at radius 1 is 0.725 bits per heavy atom. The maximum absolute atomic E-state index is 13.1. The van der Waals surface area contributed by atoms with Crippen LogP contribution < -0.4 is 24.8 Å². The van der Waals surface area contributed by atoms with Crippen molar-refractivity contribution in [2.24, 2.45) is 0 Å². The fraction of sp³-hybridized carbons (Fsp3) is 0.333. The summed E-state index contributed by atoms with van der Waals surface area (Å²) in [5, 5.41) is 5.71. The molecule has 0 spiro atoms. The van der Waals surface area contributed by atoms with Gasteiger partial charge in [0.25, 0.3) is 11.8 Å². The number of benzene rings is 4. The van der Waals surface area contributed by atoms with Crippen LogP contribution in [0.15, 0.2) is 78.9 Å². The van der Waals surface area contributed by atoms with Crippen molar-refractivity contribution in [3.8, 4) is 17.2 Å². The molecule has 0 bridgehead atoms. The highest BCUT2D eigenvalue weighted by molar-refractivity contribution is 6.06. The Morgan fingerprint density at radius 3 is 2.00 bits per heavy atom. The van der Waals surface area contributed by atoms with Crippen LogP contribution in [0.1, 0.15) is 99.3 Å². The number of esters is 1. The summed E-state index contributed by atoms with van der Waals surface area (Å²) in [4.78, 5) is 51.6. The van der Waals surface area contributed by atoms with Crippen LogP contribution in [0.2, 0.25) is 0 Å². The van der Waals surface area contributed by atoms with Gasteiger partial charge in [-0.2, -0.15) is 0 Å². The number of hydrogen-bond acceptors (Lipinski definition) is 7. The van der Waals surface area contributed by atoms with E-state index in [4.69, 9.17) is 14.2 Å². The minimum Gasteiger partial charge on any atom is -0.494 e. The summed E-state index contributed by atoms with van der Waals surface area (Å²) in [7, 11) is 1.46.